The lowest BCUT2D eigenvalue weighted by Gasteiger charge is -2.18. The molecule has 1 aliphatic heterocycles. The van der Waals surface area contributed by atoms with Crippen LogP contribution in [0, 0.1) is 11.8 Å². The summed E-state index contributed by atoms with van der Waals surface area (Å²) in [5, 5.41) is 6.12. The molecule has 110 valence electrons. The van der Waals surface area contributed by atoms with Gasteiger partial charge in [0.15, 0.2) is 0 Å². The third-order valence-corrected chi connectivity index (χ3v) is 4.12. The fraction of sp³-hybridized carbons (Fsp3) is 0.562. The highest BCUT2D eigenvalue weighted by Gasteiger charge is 2.41. The van der Waals surface area contributed by atoms with Gasteiger partial charge in [0.05, 0.1) is 18.1 Å². The molecule has 4 heteroatoms. The van der Waals surface area contributed by atoms with E-state index in [4.69, 9.17) is 4.74 Å². The Balaban J connectivity index is 2.06. The van der Waals surface area contributed by atoms with Crippen molar-refractivity contribution in [3.63, 3.8) is 0 Å². The summed E-state index contributed by atoms with van der Waals surface area (Å²) in [6.45, 7) is 6.87. The maximum atomic E-state index is 12.4. The third-order valence-electron chi connectivity index (χ3n) is 4.12. The number of carbonyl (C=O) groups is 1. The summed E-state index contributed by atoms with van der Waals surface area (Å²) in [6.07, 6.45) is 0.108. The van der Waals surface area contributed by atoms with E-state index in [9.17, 15) is 4.79 Å². The summed E-state index contributed by atoms with van der Waals surface area (Å²) < 4.78 is 5.74. The van der Waals surface area contributed by atoms with Crippen LogP contribution in [0.15, 0.2) is 24.3 Å². The number of nitrogens with one attached hydrogen (secondary N) is 2. The molecule has 2 rings (SSSR count). The van der Waals surface area contributed by atoms with Crippen molar-refractivity contribution in [3.05, 3.63) is 29.8 Å². The van der Waals surface area contributed by atoms with Crippen molar-refractivity contribution in [1.82, 2.24) is 5.32 Å². The Labute approximate surface area is 120 Å². The molecule has 1 amide bonds. The summed E-state index contributed by atoms with van der Waals surface area (Å²) in [5.41, 5.74) is 2.00. The van der Waals surface area contributed by atoms with E-state index in [0.717, 1.165) is 17.8 Å². The Hall–Kier alpha value is -1.39. The Morgan fingerprint density at radius 1 is 1.25 bits per heavy atom. The van der Waals surface area contributed by atoms with Gasteiger partial charge in [0.25, 0.3) is 0 Å². The maximum absolute atomic E-state index is 12.4. The van der Waals surface area contributed by atoms with E-state index in [1.807, 2.05) is 45.2 Å². The first kappa shape index (κ1) is 15.0. The summed E-state index contributed by atoms with van der Waals surface area (Å²) >= 11 is 0. The van der Waals surface area contributed by atoms with Crippen LogP contribution in [0.2, 0.25) is 0 Å². The summed E-state index contributed by atoms with van der Waals surface area (Å²) in [4.78, 5) is 12.4. The maximum Gasteiger partial charge on any atom is 0.230 e. The van der Waals surface area contributed by atoms with Crippen molar-refractivity contribution in [3.8, 4) is 0 Å². The molecule has 0 aromatic heterocycles. The minimum Gasteiger partial charge on any atom is -0.374 e. The van der Waals surface area contributed by atoms with Gasteiger partial charge in [-0.2, -0.15) is 0 Å². The quantitative estimate of drug-likeness (QED) is 0.888. The van der Waals surface area contributed by atoms with Crippen molar-refractivity contribution < 1.29 is 9.53 Å². The number of amides is 1. The highest BCUT2D eigenvalue weighted by molar-refractivity contribution is 5.93. The smallest absolute Gasteiger partial charge is 0.230 e. The first-order chi connectivity index (χ1) is 9.52. The van der Waals surface area contributed by atoms with Crippen LogP contribution >= 0.6 is 0 Å². The highest BCUT2D eigenvalue weighted by Crippen LogP contribution is 2.33. The zero-order valence-electron chi connectivity index (χ0n) is 12.6. The second-order valence-electron chi connectivity index (χ2n) is 5.65. The minimum atomic E-state index is -0.0852. The number of anilines is 1. The fourth-order valence-electron chi connectivity index (χ4n) is 2.91. The van der Waals surface area contributed by atoms with E-state index in [2.05, 4.69) is 17.6 Å². The lowest BCUT2D eigenvalue weighted by atomic mass is 9.89. The SMILES string of the molecule is CNCc1cccc(NC(=O)C2C(C)OC(C)C2C)c1. The Bertz CT molecular complexity index is 475. The van der Waals surface area contributed by atoms with E-state index in [1.54, 1.807) is 0 Å². The normalized spacial score (nSPS) is 29.4. The number of benzene rings is 1. The van der Waals surface area contributed by atoms with Crippen LogP contribution in [0.1, 0.15) is 26.3 Å². The first-order valence-electron chi connectivity index (χ1n) is 7.22. The van der Waals surface area contributed by atoms with E-state index < -0.39 is 0 Å². The Morgan fingerprint density at radius 2 is 2.00 bits per heavy atom. The molecule has 1 fully saturated rings. The largest absolute Gasteiger partial charge is 0.374 e. The van der Waals surface area contributed by atoms with Crippen LogP contribution in [0.25, 0.3) is 0 Å². The van der Waals surface area contributed by atoms with Gasteiger partial charge in [0, 0.05) is 12.2 Å². The molecule has 0 aliphatic carbocycles. The van der Waals surface area contributed by atoms with E-state index in [1.165, 1.54) is 0 Å². The van der Waals surface area contributed by atoms with Crippen LogP contribution in [0.3, 0.4) is 0 Å². The first-order valence-corrected chi connectivity index (χ1v) is 7.22. The monoisotopic (exact) mass is 276 g/mol. The molecule has 0 saturated carbocycles. The van der Waals surface area contributed by atoms with Gasteiger partial charge in [0.2, 0.25) is 5.91 Å². The molecule has 1 aromatic carbocycles. The van der Waals surface area contributed by atoms with Crippen molar-refractivity contribution >= 4 is 11.6 Å². The molecule has 4 atom stereocenters. The van der Waals surface area contributed by atoms with Gasteiger partial charge in [-0.05, 0) is 44.5 Å². The minimum absolute atomic E-state index is 0.0273. The number of hydrogen-bond acceptors (Lipinski definition) is 3. The zero-order valence-corrected chi connectivity index (χ0v) is 12.6. The van der Waals surface area contributed by atoms with Gasteiger partial charge < -0.3 is 15.4 Å². The summed E-state index contributed by atoms with van der Waals surface area (Å²) in [6, 6.07) is 7.93. The standard InChI is InChI=1S/C16H24N2O2/c1-10-11(2)20-12(3)15(10)16(19)18-14-7-5-6-13(8-14)9-17-4/h5-8,10-12,15,17H,9H2,1-4H3,(H,18,19). The van der Waals surface area contributed by atoms with Crippen LogP contribution in [-0.4, -0.2) is 25.2 Å². The van der Waals surface area contributed by atoms with Crippen molar-refractivity contribution in [2.75, 3.05) is 12.4 Å². The lowest BCUT2D eigenvalue weighted by Crippen LogP contribution is -2.32. The van der Waals surface area contributed by atoms with Gasteiger partial charge in [0.1, 0.15) is 0 Å². The van der Waals surface area contributed by atoms with Gasteiger partial charge in [-0.25, -0.2) is 0 Å². The molecule has 1 heterocycles. The molecule has 2 N–H and O–H groups in total. The van der Waals surface area contributed by atoms with E-state index in [-0.39, 0.29) is 30.0 Å². The predicted octanol–water partition coefficient (Wildman–Crippen LogP) is 2.40. The van der Waals surface area contributed by atoms with E-state index >= 15 is 0 Å². The fourth-order valence-corrected chi connectivity index (χ4v) is 2.91. The molecular weight excluding hydrogens is 252 g/mol. The number of rotatable bonds is 4. The average molecular weight is 276 g/mol. The van der Waals surface area contributed by atoms with Crippen LogP contribution in [0.4, 0.5) is 5.69 Å². The van der Waals surface area contributed by atoms with Crippen molar-refractivity contribution in [2.45, 2.75) is 39.5 Å². The Kier molecular flexibility index (Phi) is 4.78. The van der Waals surface area contributed by atoms with Crippen LogP contribution in [0.5, 0.6) is 0 Å². The van der Waals surface area contributed by atoms with Crippen LogP contribution < -0.4 is 10.6 Å². The summed E-state index contributed by atoms with van der Waals surface area (Å²) in [7, 11) is 1.91. The summed E-state index contributed by atoms with van der Waals surface area (Å²) in [5.74, 6) is 0.208. The molecule has 4 nitrogen and oxygen atoms in total. The zero-order chi connectivity index (χ0) is 14.7. The van der Waals surface area contributed by atoms with Gasteiger partial charge >= 0.3 is 0 Å². The number of hydrogen-bond donors (Lipinski definition) is 2. The third kappa shape index (κ3) is 3.19. The second-order valence-corrected chi connectivity index (χ2v) is 5.65. The molecule has 1 aliphatic rings. The van der Waals surface area contributed by atoms with Crippen LogP contribution in [-0.2, 0) is 16.1 Å². The van der Waals surface area contributed by atoms with E-state index in [0.29, 0.717) is 0 Å². The molecule has 4 unspecified atom stereocenters. The van der Waals surface area contributed by atoms with Crippen molar-refractivity contribution in [1.29, 1.82) is 0 Å². The highest BCUT2D eigenvalue weighted by atomic mass is 16.5. The lowest BCUT2D eigenvalue weighted by molar-refractivity contribution is -0.121. The molecule has 20 heavy (non-hydrogen) atoms. The van der Waals surface area contributed by atoms with Gasteiger partial charge in [-0.15, -0.1) is 0 Å². The molecule has 0 spiro atoms. The average Bonchev–Trinajstić information content (AvgIpc) is 2.64. The molecule has 1 aromatic rings. The van der Waals surface area contributed by atoms with Gasteiger partial charge in [-0.1, -0.05) is 19.1 Å². The number of carbonyl (C=O) groups excluding carboxylic acids is 1. The second kappa shape index (κ2) is 6.37. The molecule has 0 bridgehead atoms. The molecule has 0 radical (unpaired) electrons. The molecule has 1 saturated heterocycles. The van der Waals surface area contributed by atoms with Gasteiger partial charge in [-0.3, -0.25) is 4.79 Å². The Morgan fingerprint density at radius 3 is 2.60 bits per heavy atom. The molecular formula is C16H24N2O2. The van der Waals surface area contributed by atoms with Crippen molar-refractivity contribution in [2.24, 2.45) is 11.8 Å². The number of ether oxygens (including phenoxy) is 1. The topological polar surface area (TPSA) is 50.4 Å². The predicted molar refractivity (Wildman–Crippen MR) is 80.5 cm³/mol.